The van der Waals surface area contributed by atoms with Crippen molar-refractivity contribution >= 4 is 22.1 Å². The van der Waals surface area contributed by atoms with Gasteiger partial charge in [-0.05, 0) is 29.3 Å². The maximum absolute atomic E-state index is 10.6. The number of hydrogen-bond donors (Lipinski definition) is 0. The predicted octanol–water partition coefficient (Wildman–Crippen LogP) is -11.7. The first-order chi connectivity index (χ1) is 7.21. The molecule has 0 aliphatic heterocycles. The van der Waals surface area contributed by atoms with E-state index >= 15 is 0 Å². The fourth-order valence-electron chi connectivity index (χ4n) is 0.979. The molecule has 0 fully saturated rings. The zero-order valence-electron chi connectivity index (χ0n) is 10.5. The summed E-state index contributed by atoms with van der Waals surface area (Å²) >= 11 is 0. The first-order valence-corrected chi connectivity index (χ1v) is 5.16. The van der Waals surface area contributed by atoms with Crippen LogP contribution in [0.2, 0.25) is 0 Å². The minimum Gasteiger partial charge on any atom is -0.744 e. The first kappa shape index (κ1) is 25.0. The maximum Gasteiger partial charge on any atom is 1.00 e. The Balaban J connectivity index is -0.000000853. The Kier molecular flexibility index (Phi) is 13.1. The van der Waals surface area contributed by atoms with Crippen LogP contribution in [0.5, 0.6) is 0 Å². The van der Waals surface area contributed by atoms with Crippen molar-refractivity contribution in [1.29, 1.82) is 0 Å². The molecule has 0 aromatic heterocycles. The molecule has 0 amide bonds. The van der Waals surface area contributed by atoms with E-state index in [1.54, 1.807) is 0 Å². The number of carbonyl (C=O) groups is 2. The quantitative estimate of drug-likeness (QED) is 0.399. The van der Waals surface area contributed by atoms with Crippen LogP contribution in [0.4, 0.5) is 0 Å². The zero-order valence-corrected chi connectivity index (χ0v) is 17.3. The summed E-state index contributed by atoms with van der Waals surface area (Å²) in [4.78, 5) is 19.9. The molecule has 0 aliphatic carbocycles. The van der Waals surface area contributed by atoms with Crippen molar-refractivity contribution in [3.8, 4) is 0 Å². The van der Waals surface area contributed by atoms with Gasteiger partial charge in [0.2, 0.25) is 0 Å². The third kappa shape index (κ3) is 7.58. The van der Waals surface area contributed by atoms with Crippen molar-refractivity contribution < 1.29 is 121 Å². The Labute approximate surface area is 175 Å². The van der Waals surface area contributed by atoms with Gasteiger partial charge in [0.1, 0.15) is 10.1 Å². The number of aromatic carboxylic acids is 2. The van der Waals surface area contributed by atoms with Crippen molar-refractivity contribution in [2.24, 2.45) is 0 Å². The first-order valence-electron chi connectivity index (χ1n) is 3.75. The van der Waals surface area contributed by atoms with E-state index in [0.717, 1.165) is 0 Å². The second kappa shape index (κ2) is 9.91. The minimum atomic E-state index is -4.95. The van der Waals surface area contributed by atoms with Crippen molar-refractivity contribution in [3.05, 3.63) is 29.3 Å². The van der Waals surface area contributed by atoms with E-state index < -0.39 is 38.1 Å². The van der Waals surface area contributed by atoms with E-state index in [-0.39, 0.29) is 88.7 Å². The van der Waals surface area contributed by atoms with Gasteiger partial charge in [0.05, 0.1) is 16.8 Å². The molecule has 7 nitrogen and oxygen atoms in total. The molecular formula is C8H3Na3O7S. The van der Waals surface area contributed by atoms with Gasteiger partial charge in [-0.25, -0.2) is 8.42 Å². The Morgan fingerprint density at radius 3 is 1.37 bits per heavy atom. The van der Waals surface area contributed by atoms with E-state index in [1.807, 2.05) is 0 Å². The number of carboxylic acids is 2. The smallest absolute Gasteiger partial charge is 0.744 e. The summed E-state index contributed by atoms with van der Waals surface area (Å²) in [5.41, 5.74) is -1.45. The van der Waals surface area contributed by atoms with E-state index in [1.165, 1.54) is 0 Å². The van der Waals surface area contributed by atoms with Crippen LogP contribution in [-0.4, -0.2) is 24.9 Å². The van der Waals surface area contributed by atoms with E-state index in [0.29, 0.717) is 18.2 Å². The molecule has 1 aromatic carbocycles. The monoisotopic (exact) mass is 312 g/mol. The van der Waals surface area contributed by atoms with Gasteiger partial charge in [-0.15, -0.1) is 0 Å². The topological polar surface area (TPSA) is 137 Å². The van der Waals surface area contributed by atoms with Crippen LogP contribution in [0, 0.1) is 0 Å². The third-order valence-electron chi connectivity index (χ3n) is 1.67. The van der Waals surface area contributed by atoms with Crippen LogP contribution in [0.3, 0.4) is 0 Å². The summed E-state index contributed by atoms with van der Waals surface area (Å²) in [7, 11) is -4.95. The van der Waals surface area contributed by atoms with Gasteiger partial charge < -0.3 is 24.4 Å². The largest absolute Gasteiger partial charge is 1.00 e. The number of hydrogen-bond acceptors (Lipinski definition) is 7. The molecular weight excluding hydrogens is 309 g/mol. The molecule has 86 valence electrons. The van der Waals surface area contributed by atoms with Crippen LogP contribution < -0.4 is 98.9 Å². The van der Waals surface area contributed by atoms with Gasteiger partial charge in [0.15, 0.2) is 0 Å². The molecule has 0 saturated heterocycles. The normalized spacial score (nSPS) is 9.32. The Morgan fingerprint density at radius 1 is 0.842 bits per heavy atom. The second-order valence-corrected chi connectivity index (χ2v) is 4.15. The molecule has 0 spiro atoms. The second-order valence-electron chi connectivity index (χ2n) is 2.78. The van der Waals surface area contributed by atoms with Crippen molar-refractivity contribution in [2.45, 2.75) is 4.90 Å². The number of carboxylic acid groups (broad SMARTS) is 2. The molecule has 0 unspecified atom stereocenters. The molecule has 1 aromatic rings. The Bertz CT molecular complexity index is 537. The fraction of sp³-hybridized carbons (Fsp3) is 0. The SMILES string of the molecule is O=C([O-])c1cc(C(=O)[O-])cc(S(=O)(=O)[O-])c1.[Na+].[Na+].[Na+]. The van der Waals surface area contributed by atoms with Crippen LogP contribution in [-0.2, 0) is 10.1 Å². The van der Waals surface area contributed by atoms with Gasteiger partial charge in [0.25, 0.3) is 0 Å². The molecule has 0 bridgehead atoms. The van der Waals surface area contributed by atoms with E-state index in [9.17, 15) is 32.8 Å². The maximum atomic E-state index is 10.6. The number of carbonyl (C=O) groups excluding carboxylic acids is 2. The molecule has 19 heavy (non-hydrogen) atoms. The third-order valence-corrected chi connectivity index (χ3v) is 2.48. The standard InChI is InChI=1S/C8H6O7S.3Na/c9-7(10)4-1-5(8(11)12)3-6(2-4)16(13,14)15;;;/h1-3H,(H,9,10)(H,11,12)(H,13,14,15);;;/q;3*+1/p-3. The van der Waals surface area contributed by atoms with Gasteiger partial charge >= 0.3 is 88.7 Å². The van der Waals surface area contributed by atoms with E-state index in [4.69, 9.17) is 0 Å². The van der Waals surface area contributed by atoms with Gasteiger partial charge in [-0.3, -0.25) is 0 Å². The minimum absolute atomic E-state index is 0. The number of rotatable bonds is 3. The van der Waals surface area contributed by atoms with Crippen molar-refractivity contribution in [1.82, 2.24) is 0 Å². The van der Waals surface area contributed by atoms with Crippen molar-refractivity contribution in [2.75, 3.05) is 0 Å². The molecule has 0 atom stereocenters. The molecule has 1 rings (SSSR count). The van der Waals surface area contributed by atoms with Gasteiger partial charge in [-0.1, -0.05) is 0 Å². The summed E-state index contributed by atoms with van der Waals surface area (Å²) in [5.74, 6) is -3.60. The summed E-state index contributed by atoms with van der Waals surface area (Å²) in [6.45, 7) is 0. The fourth-order valence-corrected chi connectivity index (χ4v) is 1.52. The predicted molar refractivity (Wildman–Crippen MR) is 43.1 cm³/mol. The average Bonchev–Trinajstić information content (AvgIpc) is 2.15. The van der Waals surface area contributed by atoms with Crippen LogP contribution in [0.15, 0.2) is 23.1 Å². The molecule has 0 saturated carbocycles. The molecule has 0 heterocycles. The summed E-state index contributed by atoms with van der Waals surface area (Å²) in [6, 6.07) is 1.67. The summed E-state index contributed by atoms with van der Waals surface area (Å²) < 4.78 is 31.8. The Hall–Kier alpha value is 1.07. The summed E-state index contributed by atoms with van der Waals surface area (Å²) in [6.07, 6.45) is 0. The van der Waals surface area contributed by atoms with Gasteiger partial charge in [-0.2, -0.15) is 0 Å². The molecule has 0 aliphatic rings. The van der Waals surface area contributed by atoms with Crippen molar-refractivity contribution in [3.63, 3.8) is 0 Å². The zero-order chi connectivity index (χ0) is 12.5. The Morgan fingerprint density at radius 2 is 1.16 bits per heavy atom. The molecule has 11 heteroatoms. The van der Waals surface area contributed by atoms with Crippen LogP contribution in [0.1, 0.15) is 20.7 Å². The van der Waals surface area contributed by atoms with Crippen LogP contribution in [0.25, 0.3) is 0 Å². The molecule has 0 N–H and O–H groups in total. The number of benzene rings is 1. The molecule has 0 radical (unpaired) electrons. The average molecular weight is 312 g/mol. The summed E-state index contributed by atoms with van der Waals surface area (Å²) in [5, 5.41) is 20.9. The van der Waals surface area contributed by atoms with Crippen LogP contribution >= 0.6 is 0 Å². The van der Waals surface area contributed by atoms with E-state index in [2.05, 4.69) is 0 Å². The van der Waals surface area contributed by atoms with Gasteiger partial charge in [0, 0.05) is 0 Å².